The zero-order valence-corrected chi connectivity index (χ0v) is 16.0. The molecule has 0 N–H and O–H groups in total. The highest BCUT2D eigenvalue weighted by molar-refractivity contribution is 7.90. The topological polar surface area (TPSA) is 87.0 Å². The second-order valence-electron chi connectivity index (χ2n) is 5.58. The molecule has 0 atom stereocenters. The lowest BCUT2D eigenvalue weighted by Gasteiger charge is -2.07. The van der Waals surface area contributed by atoms with Crippen LogP contribution in [0.4, 0.5) is 0 Å². The van der Waals surface area contributed by atoms with Crippen LogP contribution in [0.5, 0.6) is 0 Å². The van der Waals surface area contributed by atoms with Gasteiger partial charge in [-0.1, -0.05) is 24.7 Å². The van der Waals surface area contributed by atoms with Crippen LogP contribution in [0.15, 0.2) is 23.5 Å². The smallest absolute Gasteiger partial charge is 0.248 e. The molecule has 0 saturated carbocycles. The molecule has 0 unspecified atom stereocenters. The van der Waals surface area contributed by atoms with Gasteiger partial charge in [0.1, 0.15) is 11.9 Å². The predicted octanol–water partition coefficient (Wildman–Crippen LogP) is 1.86. The van der Waals surface area contributed by atoms with Crippen molar-refractivity contribution in [2.75, 3.05) is 12.9 Å². The third kappa shape index (κ3) is 5.10. The van der Waals surface area contributed by atoms with E-state index in [0.717, 1.165) is 12.3 Å². The first-order chi connectivity index (χ1) is 10.8. The van der Waals surface area contributed by atoms with Crippen molar-refractivity contribution in [2.24, 2.45) is 0 Å². The Kier molecular flexibility index (Phi) is 5.90. The number of sulfone groups is 1. The van der Waals surface area contributed by atoms with Crippen LogP contribution in [-0.4, -0.2) is 49.8 Å². The molecule has 0 amide bonds. The molecule has 0 fully saturated rings. The van der Waals surface area contributed by atoms with Crippen molar-refractivity contribution in [3.05, 3.63) is 23.5 Å². The van der Waals surface area contributed by atoms with E-state index in [1.807, 2.05) is 0 Å². The molecule has 23 heavy (non-hydrogen) atoms. The predicted molar refractivity (Wildman–Crippen MR) is 91.0 cm³/mol. The lowest BCUT2D eigenvalue weighted by molar-refractivity contribution is 0.0718. The van der Waals surface area contributed by atoms with Crippen LogP contribution < -0.4 is 0 Å². The summed E-state index contributed by atoms with van der Waals surface area (Å²) in [5.74, 6) is 0.274. The summed E-state index contributed by atoms with van der Waals surface area (Å²) >= 11 is 5.75. The highest BCUT2D eigenvalue weighted by atomic mass is 35.5. The van der Waals surface area contributed by atoms with Crippen LogP contribution in [0.1, 0.15) is 0 Å². The van der Waals surface area contributed by atoms with Crippen molar-refractivity contribution in [2.45, 2.75) is 31.0 Å². The largest absolute Gasteiger partial charge is 0.359 e. The molecule has 0 aliphatic carbocycles. The Bertz CT molecular complexity index is 762. The molecular formula is C13H19ClN4O3SSi. The summed E-state index contributed by atoms with van der Waals surface area (Å²) < 4.78 is 30.6. The van der Waals surface area contributed by atoms with Crippen LogP contribution in [-0.2, 0) is 21.3 Å². The van der Waals surface area contributed by atoms with Gasteiger partial charge in [-0.15, -0.1) is 5.10 Å². The zero-order chi connectivity index (χ0) is 17.0. The van der Waals surface area contributed by atoms with E-state index in [1.54, 1.807) is 12.1 Å². The summed E-state index contributed by atoms with van der Waals surface area (Å²) in [6, 6.07) is 4.31. The van der Waals surface area contributed by atoms with Crippen molar-refractivity contribution in [3.63, 3.8) is 0 Å². The number of ether oxygens (including phenoxy) is 1. The summed E-state index contributed by atoms with van der Waals surface area (Å²) in [6.45, 7) is 5.10. The molecule has 2 heterocycles. The summed E-state index contributed by atoms with van der Waals surface area (Å²) in [5.41, 5.74) is 0.590. The van der Waals surface area contributed by atoms with E-state index in [0.29, 0.717) is 17.3 Å². The first-order valence-electron chi connectivity index (χ1n) is 7.12. The van der Waals surface area contributed by atoms with Crippen molar-refractivity contribution in [1.82, 2.24) is 19.7 Å². The summed E-state index contributed by atoms with van der Waals surface area (Å²) in [7, 11) is -4.21. The molecule has 0 aromatic carbocycles. The van der Waals surface area contributed by atoms with Crippen LogP contribution in [0.25, 0.3) is 11.4 Å². The fraction of sp³-hybridized carbons (Fsp3) is 0.462. The zero-order valence-electron chi connectivity index (χ0n) is 13.2. The second-order valence-corrected chi connectivity index (χ2v) is 11.2. The molecule has 0 radical (unpaired) electrons. The van der Waals surface area contributed by atoms with Crippen molar-refractivity contribution < 1.29 is 13.2 Å². The van der Waals surface area contributed by atoms with E-state index >= 15 is 0 Å². The normalized spacial score (nSPS) is 12.0. The highest BCUT2D eigenvalue weighted by Crippen LogP contribution is 2.18. The minimum Gasteiger partial charge on any atom is -0.359 e. The molecule has 2 aromatic rings. The quantitative estimate of drug-likeness (QED) is 0.417. The van der Waals surface area contributed by atoms with Gasteiger partial charge in [0, 0.05) is 33.4 Å². The molecule has 0 aliphatic rings. The van der Waals surface area contributed by atoms with Gasteiger partial charge in [-0.05, 0) is 18.2 Å². The number of halogens is 1. The lowest BCUT2D eigenvalue weighted by atomic mass is 10.3. The Labute approximate surface area is 142 Å². The first-order valence-corrected chi connectivity index (χ1v) is 12.5. The van der Waals surface area contributed by atoms with Gasteiger partial charge in [-0.25, -0.2) is 18.1 Å². The van der Waals surface area contributed by atoms with E-state index in [9.17, 15) is 8.42 Å². The maximum absolute atomic E-state index is 11.9. The van der Waals surface area contributed by atoms with E-state index < -0.39 is 18.6 Å². The third-order valence-corrected chi connectivity index (χ3v) is 5.59. The first kappa shape index (κ1) is 18.1. The average molecular weight is 375 g/mol. The Hall–Kier alpha value is -1.29. The second kappa shape index (κ2) is 7.52. The van der Waals surface area contributed by atoms with Crippen LogP contribution in [0.3, 0.4) is 0 Å². The fourth-order valence-electron chi connectivity index (χ4n) is 1.79. The molecular weight excluding hydrogens is 356 g/mol. The highest BCUT2D eigenvalue weighted by Gasteiger charge is 2.20. The third-order valence-electron chi connectivity index (χ3n) is 3.01. The van der Waals surface area contributed by atoms with E-state index in [4.69, 9.17) is 16.3 Å². The maximum Gasteiger partial charge on any atom is 0.248 e. The van der Waals surface area contributed by atoms with Gasteiger partial charge >= 0.3 is 0 Å². The Morgan fingerprint density at radius 3 is 2.65 bits per heavy atom. The molecule has 0 bridgehead atoms. The minimum atomic E-state index is -3.51. The SMILES string of the molecule is C[SiH](C)CCOCn1nc(-c2ccc(Cl)nc2)nc1S(C)(=O)=O. The van der Waals surface area contributed by atoms with Gasteiger partial charge < -0.3 is 4.74 Å². The number of rotatable bonds is 7. The fourth-order valence-corrected chi connectivity index (χ4v) is 3.27. The van der Waals surface area contributed by atoms with Crippen LogP contribution >= 0.6 is 11.6 Å². The molecule has 2 aromatic heterocycles. The van der Waals surface area contributed by atoms with Crippen LogP contribution in [0, 0.1) is 0 Å². The van der Waals surface area contributed by atoms with Crippen LogP contribution in [0.2, 0.25) is 24.3 Å². The molecule has 2 rings (SSSR count). The summed E-state index contributed by atoms with van der Waals surface area (Å²) in [4.78, 5) is 8.06. The Balaban J connectivity index is 2.24. The van der Waals surface area contributed by atoms with Crippen molar-refractivity contribution >= 4 is 30.2 Å². The molecule has 0 saturated heterocycles. The minimum absolute atomic E-state index is 0.0531. The molecule has 10 heteroatoms. The standard InChI is InChI=1S/C13H19ClN4O3SSi/c1-22(19,20)13-16-12(10-4-5-11(14)15-8-10)17-18(13)9-21-6-7-23(2)3/h4-5,8,23H,6-7,9H2,1-3H3. The van der Waals surface area contributed by atoms with Crippen molar-refractivity contribution in [3.8, 4) is 11.4 Å². The van der Waals surface area contributed by atoms with E-state index in [1.165, 1.54) is 10.9 Å². The monoisotopic (exact) mass is 374 g/mol. The molecule has 0 spiro atoms. The van der Waals surface area contributed by atoms with Gasteiger partial charge in [0.05, 0.1) is 0 Å². The summed E-state index contributed by atoms with van der Waals surface area (Å²) in [5, 5.41) is 4.45. The van der Waals surface area contributed by atoms with Gasteiger partial charge in [-0.3, -0.25) is 0 Å². The number of hydrogen-bond donors (Lipinski definition) is 0. The van der Waals surface area contributed by atoms with Crippen molar-refractivity contribution in [1.29, 1.82) is 0 Å². The number of nitrogens with zero attached hydrogens (tertiary/aromatic N) is 4. The molecule has 7 nitrogen and oxygen atoms in total. The van der Waals surface area contributed by atoms with E-state index in [-0.39, 0.29) is 17.7 Å². The summed E-state index contributed by atoms with van der Waals surface area (Å²) in [6.07, 6.45) is 2.59. The number of hydrogen-bond acceptors (Lipinski definition) is 6. The van der Waals surface area contributed by atoms with E-state index in [2.05, 4.69) is 28.2 Å². The number of aromatic nitrogens is 4. The van der Waals surface area contributed by atoms with Gasteiger partial charge in [0.25, 0.3) is 0 Å². The Morgan fingerprint density at radius 1 is 1.35 bits per heavy atom. The molecule has 126 valence electrons. The number of pyridine rings is 1. The lowest BCUT2D eigenvalue weighted by Crippen LogP contribution is -2.14. The van der Waals surface area contributed by atoms with Gasteiger partial charge in [0.2, 0.25) is 15.0 Å². The Morgan fingerprint density at radius 2 is 2.09 bits per heavy atom. The maximum atomic E-state index is 11.9. The average Bonchev–Trinajstić information content (AvgIpc) is 2.88. The van der Waals surface area contributed by atoms with Gasteiger partial charge in [-0.2, -0.15) is 4.98 Å². The molecule has 0 aliphatic heterocycles. The van der Waals surface area contributed by atoms with Gasteiger partial charge in [0.15, 0.2) is 5.82 Å².